The van der Waals surface area contributed by atoms with E-state index in [0.717, 1.165) is 11.1 Å². The van der Waals surface area contributed by atoms with Gasteiger partial charge in [0.2, 0.25) is 5.28 Å². The standard InChI is InChI=1S/C12H14ClN3O2S/c1-8-5-4-6-9(2)11(8)15-19(17,18)10-7-14-12(13)16(10)3/h4-7,15H,1-3H3. The molecule has 2 rings (SSSR count). The second-order valence-electron chi connectivity index (χ2n) is 4.30. The highest BCUT2D eigenvalue weighted by atomic mass is 35.5. The first-order valence-corrected chi connectivity index (χ1v) is 7.45. The Balaban J connectivity index is 2.46. The summed E-state index contributed by atoms with van der Waals surface area (Å²) in [6.07, 6.45) is 1.23. The number of aryl methyl sites for hydroxylation is 2. The molecule has 5 nitrogen and oxygen atoms in total. The van der Waals surface area contributed by atoms with Crippen molar-refractivity contribution in [1.82, 2.24) is 9.55 Å². The fourth-order valence-corrected chi connectivity index (χ4v) is 3.31. The Labute approximate surface area is 117 Å². The number of halogens is 1. The molecule has 1 heterocycles. The van der Waals surface area contributed by atoms with Gasteiger partial charge in [0, 0.05) is 7.05 Å². The van der Waals surface area contributed by atoms with Crippen LogP contribution in [-0.2, 0) is 17.1 Å². The van der Waals surface area contributed by atoms with Gasteiger partial charge in [-0.05, 0) is 36.6 Å². The van der Waals surface area contributed by atoms with Crippen LogP contribution in [0.2, 0.25) is 5.28 Å². The maximum absolute atomic E-state index is 12.3. The molecule has 0 saturated carbocycles. The third-order valence-electron chi connectivity index (χ3n) is 2.88. The second-order valence-corrected chi connectivity index (χ2v) is 6.26. The van der Waals surface area contributed by atoms with E-state index in [2.05, 4.69) is 9.71 Å². The first-order valence-electron chi connectivity index (χ1n) is 5.59. The molecule has 1 aromatic heterocycles. The highest BCUT2D eigenvalue weighted by molar-refractivity contribution is 7.92. The molecule has 0 aliphatic rings. The summed E-state index contributed by atoms with van der Waals surface area (Å²) in [5.41, 5.74) is 2.30. The fraction of sp³-hybridized carbons (Fsp3) is 0.250. The van der Waals surface area contributed by atoms with Gasteiger partial charge >= 0.3 is 0 Å². The molecule has 0 unspecified atom stereocenters. The minimum Gasteiger partial charge on any atom is -0.307 e. The van der Waals surface area contributed by atoms with Crippen molar-refractivity contribution >= 4 is 27.3 Å². The number of para-hydroxylation sites is 1. The number of nitrogens with one attached hydrogen (secondary N) is 1. The van der Waals surface area contributed by atoms with Crippen LogP contribution in [0.25, 0.3) is 0 Å². The quantitative estimate of drug-likeness (QED) is 0.947. The lowest BCUT2D eigenvalue weighted by Crippen LogP contribution is -2.17. The lowest BCUT2D eigenvalue weighted by molar-refractivity contribution is 0.591. The molecule has 0 fully saturated rings. The first-order chi connectivity index (χ1) is 8.83. The molecule has 2 aromatic rings. The molecule has 0 bridgehead atoms. The summed E-state index contributed by atoms with van der Waals surface area (Å²) in [5, 5.41) is 0.155. The molecule has 19 heavy (non-hydrogen) atoms. The Morgan fingerprint density at radius 3 is 2.32 bits per heavy atom. The van der Waals surface area contributed by atoms with Gasteiger partial charge in [-0.25, -0.2) is 4.98 Å². The largest absolute Gasteiger partial charge is 0.307 e. The van der Waals surface area contributed by atoms with Gasteiger partial charge in [-0.3, -0.25) is 4.72 Å². The van der Waals surface area contributed by atoms with Crippen LogP contribution in [0.4, 0.5) is 5.69 Å². The van der Waals surface area contributed by atoms with Gasteiger partial charge < -0.3 is 4.57 Å². The second kappa shape index (κ2) is 4.86. The summed E-state index contributed by atoms with van der Waals surface area (Å²) in [4.78, 5) is 3.78. The van der Waals surface area contributed by atoms with E-state index in [0.29, 0.717) is 5.69 Å². The normalized spacial score (nSPS) is 11.6. The number of hydrogen-bond donors (Lipinski definition) is 1. The van der Waals surface area contributed by atoms with E-state index in [-0.39, 0.29) is 10.3 Å². The van der Waals surface area contributed by atoms with Crippen molar-refractivity contribution in [2.24, 2.45) is 7.05 Å². The van der Waals surface area contributed by atoms with Crippen molar-refractivity contribution in [1.29, 1.82) is 0 Å². The van der Waals surface area contributed by atoms with Crippen LogP contribution in [0, 0.1) is 13.8 Å². The minimum absolute atomic E-state index is 0.0279. The Morgan fingerprint density at radius 2 is 1.84 bits per heavy atom. The number of nitrogens with zero attached hydrogens (tertiary/aromatic N) is 2. The van der Waals surface area contributed by atoms with Gasteiger partial charge in [0.15, 0.2) is 5.03 Å². The van der Waals surface area contributed by atoms with Gasteiger partial charge in [0.25, 0.3) is 10.0 Å². The number of aromatic nitrogens is 2. The summed E-state index contributed by atoms with van der Waals surface area (Å²) < 4.78 is 28.5. The number of benzene rings is 1. The summed E-state index contributed by atoms with van der Waals surface area (Å²) >= 11 is 5.76. The molecule has 0 saturated heterocycles. The molecule has 102 valence electrons. The smallest absolute Gasteiger partial charge is 0.279 e. The van der Waals surface area contributed by atoms with E-state index in [1.54, 1.807) is 7.05 Å². The van der Waals surface area contributed by atoms with Crippen molar-refractivity contribution < 1.29 is 8.42 Å². The lowest BCUT2D eigenvalue weighted by atomic mass is 10.1. The van der Waals surface area contributed by atoms with Gasteiger partial charge in [-0.1, -0.05) is 18.2 Å². The Morgan fingerprint density at radius 1 is 1.26 bits per heavy atom. The molecule has 0 spiro atoms. The van der Waals surface area contributed by atoms with Crippen LogP contribution in [0.1, 0.15) is 11.1 Å². The third-order valence-corrected chi connectivity index (χ3v) is 4.64. The summed E-state index contributed by atoms with van der Waals surface area (Å²) in [7, 11) is -2.15. The van der Waals surface area contributed by atoms with Crippen molar-refractivity contribution in [2.45, 2.75) is 18.9 Å². The molecule has 0 aliphatic heterocycles. The minimum atomic E-state index is -3.70. The SMILES string of the molecule is Cc1cccc(C)c1NS(=O)(=O)c1cnc(Cl)n1C. The number of imidazole rings is 1. The first kappa shape index (κ1) is 13.9. The maximum atomic E-state index is 12.3. The van der Waals surface area contributed by atoms with Crippen LogP contribution in [0.5, 0.6) is 0 Å². The summed E-state index contributed by atoms with van der Waals surface area (Å²) in [6.45, 7) is 3.70. The molecular formula is C12H14ClN3O2S. The maximum Gasteiger partial charge on any atom is 0.279 e. The lowest BCUT2D eigenvalue weighted by Gasteiger charge is -2.13. The molecule has 0 atom stereocenters. The van der Waals surface area contributed by atoms with Crippen molar-refractivity contribution in [3.05, 3.63) is 40.8 Å². The zero-order valence-electron chi connectivity index (χ0n) is 10.8. The van der Waals surface area contributed by atoms with Crippen LogP contribution < -0.4 is 4.72 Å². The highest BCUT2D eigenvalue weighted by Gasteiger charge is 2.21. The molecular weight excluding hydrogens is 286 g/mol. The third kappa shape index (κ3) is 2.59. The summed E-state index contributed by atoms with van der Waals surface area (Å²) in [6, 6.07) is 5.57. The van der Waals surface area contributed by atoms with Gasteiger partial charge in [0.1, 0.15) is 0 Å². The number of hydrogen-bond acceptors (Lipinski definition) is 3. The van der Waals surface area contributed by atoms with E-state index >= 15 is 0 Å². The van der Waals surface area contributed by atoms with Gasteiger partial charge in [-0.2, -0.15) is 8.42 Å². The molecule has 1 aromatic carbocycles. The number of rotatable bonds is 3. The Kier molecular flexibility index (Phi) is 3.56. The average molecular weight is 300 g/mol. The topological polar surface area (TPSA) is 64.0 Å². The van der Waals surface area contributed by atoms with Crippen LogP contribution in [-0.4, -0.2) is 18.0 Å². The number of sulfonamides is 1. The van der Waals surface area contributed by atoms with Crippen molar-refractivity contribution in [2.75, 3.05) is 4.72 Å². The summed E-state index contributed by atoms with van der Waals surface area (Å²) in [5.74, 6) is 0. The Hall–Kier alpha value is -1.53. The predicted octanol–water partition coefficient (Wildman–Crippen LogP) is 2.49. The van der Waals surface area contributed by atoms with E-state index in [1.807, 2.05) is 32.0 Å². The van der Waals surface area contributed by atoms with Crippen molar-refractivity contribution in [3.8, 4) is 0 Å². The fourth-order valence-electron chi connectivity index (χ4n) is 1.78. The monoisotopic (exact) mass is 299 g/mol. The molecule has 0 amide bonds. The Bertz CT molecular complexity index is 702. The van der Waals surface area contributed by atoms with Gasteiger partial charge in [0.05, 0.1) is 11.9 Å². The van der Waals surface area contributed by atoms with E-state index in [1.165, 1.54) is 10.8 Å². The van der Waals surface area contributed by atoms with E-state index in [9.17, 15) is 8.42 Å². The van der Waals surface area contributed by atoms with Crippen LogP contribution >= 0.6 is 11.6 Å². The predicted molar refractivity (Wildman–Crippen MR) is 74.9 cm³/mol. The molecule has 0 aliphatic carbocycles. The molecule has 7 heteroatoms. The van der Waals surface area contributed by atoms with Crippen molar-refractivity contribution in [3.63, 3.8) is 0 Å². The van der Waals surface area contributed by atoms with Crippen LogP contribution in [0.15, 0.2) is 29.4 Å². The molecule has 0 radical (unpaired) electrons. The van der Waals surface area contributed by atoms with Gasteiger partial charge in [-0.15, -0.1) is 0 Å². The van der Waals surface area contributed by atoms with Crippen LogP contribution in [0.3, 0.4) is 0 Å². The molecule has 1 N–H and O–H groups in total. The zero-order chi connectivity index (χ0) is 14.2. The number of anilines is 1. The average Bonchev–Trinajstić information content (AvgIpc) is 2.66. The van der Waals surface area contributed by atoms with E-state index in [4.69, 9.17) is 11.6 Å². The van der Waals surface area contributed by atoms with E-state index < -0.39 is 10.0 Å². The highest BCUT2D eigenvalue weighted by Crippen LogP contribution is 2.24. The zero-order valence-corrected chi connectivity index (χ0v) is 12.4.